The van der Waals surface area contributed by atoms with Gasteiger partial charge in [-0.3, -0.25) is 0 Å². The molecular formula is C61H72O14Si2. The first kappa shape index (κ1) is 57.3. The van der Waals surface area contributed by atoms with Gasteiger partial charge in [0.15, 0.2) is 40.1 Å². The van der Waals surface area contributed by atoms with Crippen molar-refractivity contribution in [2.75, 3.05) is 56.9 Å². The molecule has 0 saturated heterocycles. The molecule has 6 aromatic carbocycles. The van der Waals surface area contributed by atoms with Crippen LogP contribution in [0.4, 0.5) is 0 Å². The van der Waals surface area contributed by atoms with Crippen LogP contribution in [0.5, 0.6) is 40.2 Å². The summed E-state index contributed by atoms with van der Waals surface area (Å²) < 4.78 is 76.4. The van der Waals surface area contributed by atoms with Crippen molar-refractivity contribution in [3.8, 4) is 40.2 Å². The number of carbonyl (C=O) groups excluding carboxylic acids is 2. The fourth-order valence-electron chi connectivity index (χ4n) is 9.62. The van der Waals surface area contributed by atoms with Crippen LogP contribution in [0.3, 0.4) is 0 Å². The molecule has 1 aromatic heterocycles. The molecule has 1 heterocycles. The van der Waals surface area contributed by atoms with Crippen LogP contribution in [-0.4, -0.2) is 85.5 Å². The molecule has 16 heteroatoms. The third-order valence-corrected chi connectivity index (χ3v) is 23.8. The zero-order chi connectivity index (χ0) is 56.0. The lowest BCUT2D eigenvalue weighted by atomic mass is 9.96. The molecule has 0 aliphatic heterocycles. The van der Waals surface area contributed by atoms with Gasteiger partial charge < -0.3 is 55.9 Å². The molecule has 77 heavy (non-hydrogen) atoms. The van der Waals surface area contributed by atoms with Crippen LogP contribution in [0.25, 0.3) is 27.8 Å². The number of ether oxygens (including phenoxy) is 9. The maximum atomic E-state index is 14.3. The fraction of sp³-hybridized carbons (Fsp3) is 0.344. The Morgan fingerprint density at radius 3 is 1.65 bits per heavy atom. The van der Waals surface area contributed by atoms with Gasteiger partial charge in [0.2, 0.25) is 0 Å². The van der Waals surface area contributed by atoms with E-state index in [-0.39, 0.29) is 46.5 Å². The standard InChI is InChI=1S/C61H72O14Si2/c1-60(2,3)76(15,16)74-48(58(62)70-13)33-39-32-40(52(56(68-11)49(39)59(63)71-14)72-37-38-26-20-17-21-27-38)34-45(75-77(61(4,5)6,41-28-22-18-23-29-41)42-30-24-19-25-31-42)44-35-43-53(66-9)50-46(64-7)36-47(65-8)55(67-10)51(50)57(69-12)54(43)73-44/h17-33,35-36,45H,34,37H2,1-16H3/b48-33+. The smallest absolute Gasteiger partial charge is 0.371 e. The summed E-state index contributed by atoms with van der Waals surface area (Å²) >= 11 is 0. The number of fused-ring (bicyclic) bond motifs is 2. The molecule has 7 rings (SSSR count). The van der Waals surface area contributed by atoms with Crippen LogP contribution in [0.2, 0.25) is 23.2 Å². The van der Waals surface area contributed by atoms with Gasteiger partial charge >= 0.3 is 11.9 Å². The highest BCUT2D eigenvalue weighted by molar-refractivity contribution is 6.99. The van der Waals surface area contributed by atoms with Crippen molar-refractivity contribution < 1.29 is 65.5 Å². The number of hydrogen-bond acceptors (Lipinski definition) is 14. The van der Waals surface area contributed by atoms with E-state index in [9.17, 15) is 9.59 Å². The first-order valence-corrected chi connectivity index (χ1v) is 30.1. The van der Waals surface area contributed by atoms with Crippen molar-refractivity contribution in [1.82, 2.24) is 0 Å². The average Bonchev–Trinajstić information content (AvgIpc) is 3.94. The Hall–Kier alpha value is -7.41. The van der Waals surface area contributed by atoms with Crippen LogP contribution in [0.1, 0.15) is 80.5 Å². The first-order valence-electron chi connectivity index (χ1n) is 25.3. The predicted octanol–water partition coefficient (Wildman–Crippen LogP) is 12.4. The Morgan fingerprint density at radius 1 is 0.597 bits per heavy atom. The van der Waals surface area contributed by atoms with Crippen LogP contribution in [0.15, 0.2) is 119 Å². The van der Waals surface area contributed by atoms with E-state index < -0.39 is 39.7 Å². The van der Waals surface area contributed by atoms with E-state index in [0.717, 1.165) is 15.9 Å². The van der Waals surface area contributed by atoms with Gasteiger partial charge in [0.1, 0.15) is 35.5 Å². The Kier molecular flexibility index (Phi) is 17.5. The molecule has 0 amide bonds. The monoisotopic (exact) mass is 1080 g/mol. The summed E-state index contributed by atoms with van der Waals surface area (Å²) in [5, 5.41) is 2.80. The molecule has 408 valence electrons. The molecule has 0 fully saturated rings. The number of furan rings is 1. The van der Waals surface area contributed by atoms with E-state index in [1.807, 2.05) is 85.9 Å². The number of methoxy groups -OCH3 is 8. The summed E-state index contributed by atoms with van der Waals surface area (Å²) in [5.41, 5.74) is 1.95. The number of carbonyl (C=O) groups is 2. The van der Waals surface area contributed by atoms with Crippen molar-refractivity contribution in [3.05, 3.63) is 143 Å². The second-order valence-electron chi connectivity index (χ2n) is 21.0. The first-order chi connectivity index (χ1) is 36.7. The Labute approximate surface area is 454 Å². The summed E-state index contributed by atoms with van der Waals surface area (Å²) in [6.45, 7) is 16.9. The van der Waals surface area contributed by atoms with Gasteiger partial charge in [-0.25, -0.2) is 9.59 Å². The summed E-state index contributed by atoms with van der Waals surface area (Å²) in [5.74, 6) is 1.09. The molecule has 0 aliphatic carbocycles. The normalized spacial score (nSPS) is 12.7. The van der Waals surface area contributed by atoms with Gasteiger partial charge in [-0.15, -0.1) is 0 Å². The zero-order valence-corrected chi connectivity index (χ0v) is 49.2. The summed E-state index contributed by atoms with van der Waals surface area (Å²) in [6, 6.07) is 35.6. The Balaban J connectivity index is 1.64. The molecular weight excluding hydrogens is 1010 g/mol. The molecule has 7 aromatic rings. The van der Waals surface area contributed by atoms with Crippen molar-refractivity contribution in [2.24, 2.45) is 0 Å². The third kappa shape index (κ3) is 11.1. The van der Waals surface area contributed by atoms with Gasteiger partial charge in [-0.1, -0.05) is 133 Å². The van der Waals surface area contributed by atoms with Crippen molar-refractivity contribution >= 4 is 66.8 Å². The zero-order valence-electron chi connectivity index (χ0n) is 47.2. The maximum Gasteiger partial charge on any atom is 0.371 e. The third-order valence-electron chi connectivity index (χ3n) is 14.4. The molecule has 0 spiro atoms. The van der Waals surface area contributed by atoms with Crippen LogP contribution < -0.4 is 43.5 Å². The quantitative estimate of drug-likeness (QED) is 0.0291. The van der Waals surface area contributed by atoms with Gasteiger partial charge in [0.05, 0.1) is 73.0 Å². The van der Waals surface area contributed by atoms with E-state index in [1.165, 1.54) is 27.4 Å². The van der Waals surface area contributed by atoms with E-state index >= 15 is 0 Å². The molecule has 0 saturated carbocycles. The average molecular weight is 1090 g/mol. The number of hydrogen-bond donors (Lipinski definition) is 0. The molecule has 0 bridgehead atoms. The highest BCUT2D eigenvalue weighted by Crippen LogP contribution is 2.55. The Bertz CT molecular complexity index is 3210. The highest BCUT2D eigenvalue weighted by atomic mass is 28.4. The van der Waals surface area contributed by atoms with Crippen LogP contribution >= 0.6 is 0 Å². The van der Waals surface area contributed by atoms with Crippen LogP contribution in [0, 0.1) is 0 Å². The summed E-state index contributed by atoms with van der Waals surface area (Å²) in [7, 11) is 5.63. The lowest BCUT2D eigenvalue weighted by Gasteiger charge is -2.45. The van der Waals surface area contributed by atoms with Gasteiger partial charge in [-0.2, -0.15) is 0 Å². The lowest BCUT2D eigenvalue weighted by Crippen LogP contribution is -2.67. The topological polar surface area (TPSA) is 149 Å². The van der Waals surface area contributed by atoms with Gasteiger partial charge in [-0.05, 0) is 62.9 Å². The van der Waals surface area contributed by atoms with Crippen molar-refractivity contribution in [3.63, 3.8) is 0 Å². The second-order valence-corrected chi connectivity index (χ2v) is 30.0. The molecule has 0 aliphatic rings. The van der Waals surface area contributed by atoms with E-state index in [4.69, 9.17) is 55.9 Å². The molecule has 1 atom stereocenters. The minimum absolute atomic E-state index is 0.00489. The minimum Gasteiger partial charge on any atom is -0.539 e. The summed E-state index contributed by atoms with van der Waals surface area (Å²) in [4.78, 5) is 28.2. The second kappa shape index (κ2) is 23.5. The van der Waals surface area contributed by atoms with Crippen molar-refractivity contribution in [2.45, 2.75) is 83.8 Å². The number of esters is 2. The molecule has 0 radical (unpaired) electrons. The predicted molar refractivity (Wildman–Crippen MR) is 305 cm³/mol. The van der Waals surface area contributed by atoms with E-state index in [0.29, 0.717) is 61.8 Å². The lowest BCUT2D eigenvalue weighted by molar-refractivity contribution is -0.138. The van der Waals surface area contributed by atoms with Gasteiger partial charge in [0, 0.05) is 18.1 Å². The van der Waals surface area contributed by atoms with Crippen LogP contribution in [-0.2, 0) is 36.1 Å². The van der Waals surface area contributed by atoms with Gasteiger partial charge in [0.25, 0.3) is 16.6 Å². The maximum absolute atomic E-state index is 14.3. The number of rotatable bonds is 21. The molecule has 0 N–H and O–H groups in total. The van der Waals surface area contributed by atoms with Crippen molar-refractivity contribution in [1.29, 1.82) is 0 Å². The van der Waals surface area contributed by atoms with E-state index in [2.05, 4.69) is 65.8 Å². The molecule has 14 nitrogen and oxygen atoms in total. The largest absolute Gasteiger partial charge is 0.539 e. The number of benzene rings is 6. The van der Waals surface area contributed by atoms with E-state index in [1.54, 1.807) is 47.7 Å². The SMILES string of the molecule is COC(=O)/C(=C\c1cc(CC(O[Si](c2ccccc2)(c2ccccc2)C(C)(C)C)c2cc3c(OC)c4c(OC)cc(OC)c(OC)c4c(OC)c3o2)c(OCc2ccccc2)c(OC)c1C(=O)OC)O[Si](C)(C)C(C)(C)C. The molecule has 1 unspecified atom stereocenters. The minimum atomic E-state index is -3.49. The summed E-state index contributed by atoms with van der Waals surface area (Å²) in [6.07, 6.45) is 0.591. The fourth-order valence-corrected chi connectivity index (χ4v) is 15.3. The highest BCUT2D eigenvalue weighted by Gasteiger charge is 2.52. The Morgan fingerprint density at radius 2 is 1.16 bits per heavy atom.